The third-order valence-corrected chi connectivity index (χ3v) is 3.86. The summed E-state index contributed by atoms with van der Waals surface area (Å²) >= 11 is 0. The Hall–Kier alpha value is -1.10. The summed E-state index contributed by atoms with van der Waals surface area (Å²) in [4.78, 5) is 2.34. The highest BCUT2D eigenvalue weighted by Gasteiger charge is 2.14. The molecule has 2 unspecified atom stereocenters. The average Bonchev–Trinajstić information content (AvgIpc) is 2.48. The lowest BCUT2D eigenvalue weighted by Gasteiger charge is -2.26. The molecule has 114 valence electrons. The van der Waals surface area contributed by atoms with Crippen LogP contribution >= 0.6 is 0 Å². The topological polar surface area (TPSA) is 47.7 Å². The number of methoxy groups -OCH3 is 2. The van der Waals surface area contributed by atoms with Gasteiger partial charge in [-0.25, -0.2) is 0 Å². The van der Waals surface area contributed by atoms with Gasteiger partial charge >= 0.3 is 0 Å². The Bertz CT molecular complexity index is 380. The van der Waals surface area contributed by atoms with Crippen LogP contribution in [0.5, 0.6) is 5.75 Å². The molecule has 2 N–H and O–H groups in total. The molecule has 2 atom stereocenters. The molecule has 20 heavy (non-hydrogen) atoms. The Labute approximate surface area is 122 Å². The molecule has 4 nitrogen and oxygen atoms in total. The van der Waals surface area contributed by atoms with Crippen molar-refractivity contribution in [2.45, 2.75) is 31.9 Å². The first kappa shape index (κ1) is 17.0. The van der Waals surface area contributed by atoms with Gasteiger partial charge in [0.25, 0.3) is 0 Å². The highest BCUT2D eigenvalue weighted by molar-refractivity contribution is 5.33. The van der Waals surface area contributed by atoms with E-state index in [2.05, 4.69) is 31.0 Å². The molecule has 0 aromatic heterocycles. The fourth-order valence-corrected chi connectivity index (χ4v) is 2.25. The Kier molecular flexibility index (Phi) is 7.59. The van der Waals surface area contributed by atoms with Crippen molar-refractivity contribution < 1.29 is 9.47 Å². The van der Waals surface area contributed by atoms with Gasteiger partial charge in [-0.3, -0.25) is 0 Å². The molecule has 1 aromatic carbocycles. The van der Waals surface area contributed by atoms with Crippen LogP contribution < -0.4 is 10.5 Å². The number of rotatable bonds is 9. The molecule has 1 rings (SSSR count). The van der Waals surface area contributed by atoms with Gasteiger partial charge in [0.05, 0.1) is 13.2 Å². The van der Waals surface area contributed by atoms with Crippen molar-refractivity contribution in [3.8, 4) is 5.75 Å². The molecule has 0 radical (unpaired) electrons. The van der Waals surface area contributed by atoms with E-state index in [1.165, 1.54) is 5.56 Å². The predicted molar refractivity (Wildman–Crippen MR) is 83.3 cm³/mol. The maximum absolute atomic E-state index is 5.65. The molecule has 1 aromatic rings. The van der Waals surface area contributed by atoms with Gasteiger partial charge in [0.1, 0.15) is 5.75 Å². The second-order valence-electron chi connectivity index (χ2n) is 5.23. The molecular weight excluding hydrogens is 252 g/mol. The number of ether oxygens (including phenoxy) is 2. The number of nitrogens with zero attached hydrogens (tertiary/aromatic N) is 1. The monoisotopic (exact) mass is 280 g/mol. The van der Waals surface area contributed by atoms with Crippen LogP contribution in [-0.2, 0) is 11.2 Å². The molecule has 0 fully saturated rings. The highest BCUT2D eigenvalue weighted by Crippen LogP contribution is 2.20. The Balaban J connectivity index is 2.50. The number of para-hydroxylation sites is 1. The van der Waals surface area contributed by atoms with E-state index in [0.717, 1.165) is 25.1 Å². The molecular formula is C16H28N2O2. The summed E-state index contributed by atoms with van der Waals surface area (Å²) in [6.07, 6.45) is 2.08. The van der Waals surface area contributed by atoms with E-state index in [1.807, 2.05) is 12.1 Å². The fraction of sp³-hybridized carbons (Fsp3) is 0.625. The molecule has 0 spiro atoms. The largest absolute Gasteiger partial charge is 0.496 e. The summed E-state index contributed by atoms with van der Waals surface area (Å²) < 4.78 is 10.7. The second-order valence-corrected chi connectivity index (χ2v) is 5.23. The standard InChI is InChI=1S/C16H28N2O2/c1-13(18(2)10-9-15(12-17)19-3)11-14-7-5-6-8-16(14)20-4/h5-8,13,15H,9-12,17H2,1-4H3. The van der Waals surface area contributed by atoms with Crippen molar-refractivity contribution in [2.24, 2.45) is 5.73 Å². The van der Waals surface area contributed by atoms with Gasteiger partial charge in [-0.15, -0.1) is 0 Å². The normalized spacial score (nSPS) is 14.3. The average molecular weight is 280 g/mol. The van der Waals surface area contributed by atoms with Crippen LogP contribution in [0.2, 0.25) is 0 Å². The fourth-order valence-electron chi connectivity index (χ4n) is 2.25. The summed E-state index contributed by atoms with van der Waals surface area (Å²) in [5.74, 6) is 0.962. The minimum absolute atomic E-state index is 0.149. The molecule has 0 heterocycles. The van der Waals surface area contributed by atoms with E-state index in [1.54, 1.807) is 14.2 Å². The van der Waals surface area contributed by atoms with Gasteiger partial charge in [0.15, 0.2) is 0 Å². The summed E-state index contributed by atoms with van der Waals surface area (Å²) in [5.41, 5.74) is 6.89. The third-order valence-electron chi connectivity index (χ3n) is 3.86. The summed E-state index contributed by atoms with van der Waals surface area (Å²) in [6.45, 7) is 3.79. The van der Waals surface area contributed by atoms with Gasteiger partial charge in [0.2, 0.25) is 0 Å². The lowest BCUT2D eigenvalue weighted by molar-refractivity contribution is 0.0881. The van der Waals surface area contributed by atoms with E-state index in [0.29, 0.717) is 12.6 Å². The van der Waals surface area contributed by atoms with Crippen molar-refractivity contribution in [1.82, 2.24) is 4.90 Å². The lowest BCUT2D eigenvalue weighted by Crippen LogP contribution is -2.35. The zero-order valence-electron chi connectivity index (χ0n) is 13.1. The maximum Gasteiger partial charge on any atom is 0.122 e. The van der Waals surface area contributed by atoms with Gasteiger partial charge in [-0.2, -0.15) is 0 Å². The zero-order valence-corrected chi connectivity index (χ0v) is 13.1. The van der Waals surface area contributed by atoms with Crippen LogP contribution in [0.4, 0.5) is 0 Å². The predicted octanol–water partition coefficient (Wildman–Crippen LogP) is 1.92. The molecule has 0 bridgehead atoms. The van der Waals surface area contributed by atoms with Crippen molar-refractivity contribution in [3.05, 3.63) is 29.8 Å². The van der Waals surface area contributed by atoms with Crippen molar-refractivity contribution in [3.63, 3.8) is 0 Å². The van der Waals surface area contributed by atoms with E-state index in [9.17, 15) is 0 Å². The highest BCUT2D eigenvalue weighted by atomic mass is 16.5. The first-order chi connectivity index (χ1) is 9.62. The van der Waals surface area contributed by atoms with Crippen LogP contribution in [0.15, 0.2) is 24.3 Å². The van der Waals surface area contributed by atoms with Crippen LogP contribution in [-0.4, -0.2) is 51.4 Å². The van der Waals surface area contributed by atoms with Gasteiger partial charge in [-0.1, -0.05) is 18.2 Å². The molecule has 0 aliphatic carbocycles. The molecule has 0 saturated carbocycles. The van der Waals surface area contributed by atoms with E-state index < -0.39 is 0 Å². The van der Waals surface area contributed by atoms with Crippen LogP contribution in [0.25, 0.3) is 0 Å². The molecule has 0 saturated heterocycles. The smallest absolute Gasteiger partial charge is 0.122 e. The Morgan fingerprint density at radius 1 is 1.25 bits per heavy atom. The zero-order chi connectivity index (χ0) is 15.0. The SMILES string of the molecule is COc1ccccc1CC(C)N(C)CCC(CN)OC. The summed E-state index contributed by atoms with van der Waals surface area (Å²) in [6, 6.07) is 8.64. The number of likely N-dealkylation sites (N-methyl/N-ethyl adjacent to an activating group) is 1. The molecule has 0 amide bonds. The van der Waals surface area contributed by atoms with Gasteiger partial charge in [-0.05, 0) is 38.4 Å². The van der Waals surface area contributed by atoms with Crippen molar-refractivity contribution in [2.75, 3.05) is 34.4 Å². The Morgan fingerprint density at radius 2 is 1.95 bits per heavy atom. The third kappa shape index (κ3) is 5.12. The first-order valence-corrected chi connectivity index (χ1v) is 7.17. The van der Waals surface area contributed by atoms with Crippen LogP contribution in [0, 0.1) is 0 Å². The van der Waals surface area contributed by atoms with Crippen LogP contribution in [0.1, 0.15) is 18.9 Å². The number of benzene rings is 1. The molecule has 0 aliphatic heterocycles. The number of hydrogen-bond donors (Lipinski definition) is 1. The molecule has 4 heteroatoms. The maximum atomic E-state index is 5.65. The van der Waals surface area contributed by atoms with Gasteiger partial charge < -0.3 is 20.1 Å². The summed E-state index contributed by atoms with van der Waals surface area (Å²) in [7, 11) is 5.58. The van der Waals surface area contributed by atoms with E-state index in [-0.39, 0.29) is 6.10 Å². The van der Waals surface area contributed by atoms with Crippen molar-refractivity contribution in [1.29, 1.82) is 0 Å². The lowest BCUT2D eigenvalue weighted by atomic mass is 10.0. The summed E-state index contributed by atoms with van der Waals surface area (Å²) in [5, 5.41) is 0. The second kappa shape index (κ2) is 8.95. The number of hydrogen-bond acceptors (Lipinski definition) is 4. The van der Waals surface area contributed by atoms with Crippen molar-refractivity contribution >= 4 is 0 Å². The molecule has 0 aliphatic rings. The minimum Gasteiger partial charge on any atom is -0.496 e. The quantitative estimate of drug-likeness (QED) is 0.751. The Morgan fingerprint density at radius 3 is 2.55 bits per heavy atom. The minimum atomic E-state index is 0.149. The van der Waals surface area contributed by atoms with Gasteiger partial charge in [0, 0.05) is 26.2 Å². The number of nitrogens with two attached hydrogens (primary N) is 1. The van der Waals surface area contributed by atoms with E-state index in [4.69, 9.17) is 15.2 Å². The van der Waals surface area contributed by atoms with Crippen LogP contribution in [0.3, 0.4) is 0 Å². The van der Waals surface area contributed by atoms with E-state index >= 15 is 0 Å². The first-order valence-electron chi connectivity index (χ1n) is 7.17.